The summed E-state index contributed by atoms with van der Waals surface area (Å²) in [6, 6.07) is 4.70. The van der Waals surface area contributed by atoms with Crippen LogP contribution in [0.1, 0.15) is 18.7 Å². The summed E-state index contributed by atoms with van der Waals surface area (Å²) in [6.07, 6.45) is 2.59. The number of rotatable bonds is 1. The number of likely N-dealkylation sites (N-methyl/N-ethyl adjacent to an activating group) is 1. The molecule has 2 saturated heterocycles. The number of piperidine rings is 1. The number of hydrogen-bond donors (Lipinski definition) is 0. The van der Waals surface area contributed by atoms with Crippen LogP contribution in [0.2, 0.25) is 0 Å². The molecule has 0 aliphatic carbocycles. The second-order valence-electron chi connectivity index (χ2n) is 6.06. The van der Waals surface area contributed by atoms with Crippen molar-refractivity contribution in [2.75, 3.05) is 31.6 Å². The highest BCUT2D eigenvalue weighted by Crippen LogP contribution is 2.33. The number of aryl methyl sites for hydroxylation is 1. The van der Waals surface area contributed by atoms with E-state index in [2.05, 4.69) is 38.1 Å². The van der Waals surface area contributed by atoms with Gasteiger partial charge in [0.15, 0.2) is 11.5 Å². The van der Waals surface area contributed by atoms with E-state index >= 15 is 0 Å². The van der Waals surface area contributed by atoms with Crippen LogP contribution in [-0.4, -0.2) is 57.4 Å². The van der Waals surface area contributed by atoms with E-state index in [0.29, 0.717) is 6.04 Å². The largest absolute Gasteiger partial charge is 0.351 e. The predicted octanol–water partition coefficient (Wildman–Crippen LogP) is 0.963. The fourth-order valence-corrected chi connectivity index (χ4v) is 3.61. The summed E-state index contributed by atoms with van der Waals surface area (Å²) in [5.41, 5.74) is 0.822. The number of fused-ring (bicyclic) bond motifs is 2. The lowest BCUT2D eigenvalue weighted by Gasteiger charge is -2.36. The third-order valence-corrected chi connectivity index (χ3v) is 4.66. The summed E-state index contributed by atoms with van der Waals surface area (Å²) < 4.78 is 1.66. The van der Waals surface area contributed by atoms with E-state index in [9.17, 15) is 0 Å². The van der Waals surface area contributed by atoms with Crippen LogP contribution in [0.5, 0.6) is 0 Å². The Morgan fingerprint density at radius 2 is 2.00 bits per heavy atom. The van der Waals surface area contributed by atoms with Crippen LogP contribution in [0.15, 0.2) is 12.1 Å². The van der Waals surface area contributed by atoms with Crippen molar-refractivity contribution in [2.24, 2.45) is 5.92 Å². The molecule has 2 aromatic rings. The SMILES string of the molecule is Cc1nc2ccc(N3CC[C@@H]4CCN(C)C[C@@H]43)nn2n1. The van der Waals surface area contributed by atoms with Gasteiger partial charge in [0.1, 0.15) is 5.82 Å². The highest BCUT2D eigenvalue weighted by molar-refractivity contribution is 5.47. The van der Waals surface area contributed by atoms with Gasteiger partial charge < -0.3 is 9.80 Å². The van der Waals surface area contributed by atoms with Crippen molar-refractivity contribution >= 4 is 11.5 Å². The van der Waals surface area contributed by atoms with E-state index in [-0.39, 0.29) is 0 Å². The second-order valence-corrected chi connectivity index (χ2v) is 6.06. The standard InChI is InChI=1S/C14H20N6/c1-10-15-13-3-4-14(17-20(13)16-10)19-8-6-11-5-7-18(2)9-12(11)19/h3-4,11-12H,5-9H2,1-2H3/t11-,12-/m0/s1. The molecule has 2 aliphatic heterocycles. The monoisotopic (exact) mass is 272 g/mol. The number of aromatic nitrogens is 4. The minimum atomic E-state index is 0.600. The van der Waals surface area contributed by atoms with E-state index in [1.807, 2.05) is 13.0 Å². The smallest absolute Gasteiger partial charge is 0.176 e. The second kappa shape index (κ2) is 4.41. The van der Waals surface area contributed by atoms with Crippen LogP contribution >= 0.6 is 0 Å². The van der Waals surface area contributed by atoms with Gasteiger partial charge >= 0.3 is 0 Å². The lowest BCUT2D eigenvalue weighted by atomic mass is 9.92. The average molecular weight is 272 g/mol. The summed E-state index contributed by atoms with van der Waals surface area (Å²) in [7, 11) is 2.21. The molecular formula is C14H20N6. The van der Waals surface area contributed by atoms with Crippen molar-refractivity contribution in [1.29, 1.82) is 0 Å². The Morgan fingerprint density at radius 3 is 2.90 bits per heavy atom. The minimum Gasteiger partial charge on any atom is -0.351 e. The molecule has 0 N–H and O–H groups in total. The summed E-state index contributed by atoms with van der Waals surface area (Å²) in [5.74, 6) is 2.62. The van der Waals surface area contributed by atoms with Gasteiger partial charge in [-0.15, -0.1) is 14.8 Å². The lowest BCUT2D eigenvalue weighted by molar-refractivity contribution is 0.207. The Hall–Kier alpha value is -1.69. The summed E-state index contributed by atoms with van der Waals surface area (Å²) in [5, 5.41) is 8.97. The zero-order chi connectivity index (χ0) is 13.7. The zero-order valence-electron chi connectivity index (χ0n) is 12.0. The van der Waals surface area contributed by atoms with Crippen molar-refractivity contribution in [2.45, 2.75) is 25.8 Å². The Bertz CT molecular complexity index is 636. The molecule has 106 valence electrons. The van der Waals surface area contributed by atoms with Gasteiger partial charge in [-0.3, -0.25) is 0 Å². The van der Waals surface area contributed by atoms with E-state index in [0.717, 1.165) is 36.3 Å². The van der Waals surface area contributed by atoms with Gasteiger partial charge in [-0.05, 0) is 51.4 Å². The fourth-order valence-electron chi connectivity index (χ4n) is 3.61. The van der Waals surface area contributed by atoms with Gasteiger partial charge in [-0.25, -0.2) is 4.98 Å². The van der Waals surface area contributed by atoms with Gasteiger partial charge in [0.25, 0.3) is 0 Å². The zero-order valence-corrected chi connectivity index (χ0v) is 12.0. The third kappa shape index (κ3) is 1.86. The molecule has 20 heavy (non-hydrogen) atoms. The maximum absolute atomic E-state index is 4.64. The van der Waals surface area contributed by atoms with Crippen LogP contribution < -0.4 is 4.90 Å². The number of likely N-dealkylation sites (tertiary alicyclic amines) is 1. The number of anilines is 1. The number of hydrogen-bond acceptors (Lipinski definition) is 5. The average Bonchev–Trinajstić information content (AvgIpc) is 2.99. The summed E-state index contributed by atoms with van der Waals surface area (Å²) >= 11 is 0. The quantitative estimate of drug-likeness (QED) is 0.774. The molecule has 0 amide bonds. The van der Waals surface area contributed by atoms with Crippen molar-refractivity contribution < 1.29 is 0 Å². The van der Waals surface area contributed by atoms with Gasteiger partial charge in [-0.2, -0.15) is 0 Å². The van der Waals surface area contributed by atoms with Crippen LogP contribution in [0.4, 0.5) is 5.82 Å². The molecule has 4 heterocycles. The van der Waals surface area contributed by atoms with Crippen molar-refractivity contribution in [3.05, 3.63) is 18.0 Å². The Kier molecular flexibility index (Phi) is 2.66. The van der Waals surface area contributed by atoms with E-state index < -0.39 is 0 Å². The van der Waals surface area contributed by atoms with E-state index in [1.165, 1.54) is 19.4 Å². The van der Waals surface area contributed by atoms with Gasteiger partial charge in [0.05, 0.1) is 0 Å². The molecular weight excluding hydrogens is 252 g/mol. The first kappa shape index (κ1) is 12.1. The molecule has 2 fully saturated rings. The molecule has 0 spiro atoms. The molecule has 4 rings (SSSR count). The molecule has 6 nitrogen and oxygen atoms in total. The first-order valence-electron chi connectivity index (χ1n) is 7.36. The Morgan fingerprint density at radius 1 is 1.15 bits per heavy atom. The first-order chi connectivity index (χ1) is 9.70. The number of nitrogens with zero attached hydrogens (tertiary/aromatic N) is 6. The highest BCUT2D eigenvalue weighted by atomic mass is 15.5. The Balaban J connectivity index is 1.67. The van der Waals surface area contributed by atoms with Crippen molar-refractivity contribution in [3.63, 3.8) is 0 Å². The summed E-state index contributed by atoms with van der Waals surface area (Å²) in [4.78, 5) is 9.22. The minimum absolute atomic E-state index is 0.600. The topological polar surface area (TPSA) is 49.6 Å². The molecule has 0 unspecified atom stereocenters. The molecule has 0 aromatic carbocycles. The third-order valence-electron chi connectivity index (χ3n) is 4.66. The van der Waals surface area contributed by atoms with Gasteiger partial charge in [0, 0.05) is 19.1 Å². The highest BCUT2D eigenvalue weighted by Gasteiger charge is 2.38. The van der Waals surface area contributed by atoms with Crippen molar-refractivity contribution in [3.8, 4) is 0 Å². The maximum Gasteiger partial charge on any atom is 0.176 e. The van der Waals surface area contributed by atoms with Crippen LogP contribution in [0.3, 0.4) is 0 Å². The molecule has 2 aliphatic rings. The van der Waals surface area contributed by atoms with Crippen molar-refractivity contribution in [1.82, 2.24) is 24.7 Å². The fraction of sp³-hybridized carbons (Fsp3) is 0.643. The first-order valence-corrected chi connectivity index (χ1v) is 7.36. The van der Waals surface area contributed by atoms with Crippen LogP contribution in [-0.2, 0) is 0 Å². The van der Waals surface area contributed by atoms with Crippen LogP contribution in [0, 0.1) is 12.8 Å². The Labute approximate surface area is 118 Å². The molecule has 2 aromatic heterocycles. The maximum atomic E-state index is 4.64. The van der Waals surface area contributed by atoms with Crippen LogP contribution in [0.25, 0.3) is 5.65 Å². The predicted molar refractivity (Wildman–Crippen MR) is 76.9 cm³/mol. The van der Waals surface area contributed by atoms with E-state index in [1.54, 1.807) is 4.63 Å². The van der Waals surface area contributed by atoms with Gasteiger partial charge in [-0.1, -0.05) is 0 Å². The summed E-state index contributed by atoms with van der Waals surface area (Å²) in [6.45, 7) is 5.37. The molecule has 2 atom stereocenters. The van der Waals surface area contributed by atoms with Gasteiger partial charge in [0.2, 0.25) is 0 Å². The van der Waals surface area contributed by atoms with E-state index in [4.69, 9.17) is 0 Å². The normalized spacial score (nSPS) is 27.2. The molecule has 0 saturated carbocycles. The lowest BCUT2D eigenvalue weighted by Crippen LogP contribution is -2.47. The molecule has 0 radical (unpaired) electrons. The molecule has 0 bridgehead atoms. The molecule has 6 heteroatoms.